The number of rotatable bonds is 5. The molecule has 1 aliphatic carbocycles. The molecule has 0 unspecified atom stereocenters. The first-order valence-electron chi connectivity index (χ1n) is 6.32. The standard InChI is InChI=1S/C18H20S/c1-6-11-16-14(9-4)12-17(19)18(15(16)10-5)13(7-2)8-3/h6-11H,2,4-5,12H2,1,3H3/b11-6-,13-8-. The highest BCUT2D eigenvalue weighted by Gasteiger charge is 2.22. The summed E-state index contributed by atoms with van der Waals surface area (Å²) in [5.74, 6) is 0. The molecule has 0 radical (unpaired) electrons. The van der Waals surface area contributed by atoms with Crippen LogP contribution in [0.4, 0.5) is 0 Å². The van der Waals surface area contributed by atoms with E-state index in [4.69, 9.17) is 12.2 Å². The van der Waals surface area contributed by atoms with Crippen LogP contribution in [0.1, 0.15) is 20.3 Å². The van der Waals surface area contributed by atoms with Crippen molar-refractivity contribution in [1.82, 2.24) is 0 Å². The molecule has 0 spiro atoms. The van der Waals surface area contributed by atoms with Crippen molar-refractivity contribution in [2.75, 3.05) is 0 Å². The lowest BCUT2D eigenvalue weighted by Crippen LogP contribution is -2.13. The van der Waals surface area contributed by atoms with Crippen LogP contribution in [0.25, 0.3) is 0 Å². The molecule has 0 N–H and O–H groups in total. The van der Waals surface area contributed by atoms with E-state index in [1.54, 1.807) is 0 Å². The van der Waals surface area contributed by atoms with E-state index in [-0.39, 0.29) is 0 Å². The number of hydrogen-bond donors (Lipinski definition) is 0. The molecular weight excluding hydrogens is 248 g/mol. The largest absolute Gasteiger partial charge is 0.0988 e. The third kappa shape index (κ3) is 2.99. The van der Waals surface area contributed by atoms with Gasteiger partial charge in [0, 0.05) is 16.9 Å². The maximum Gasteiger partial charge on any atom is 0.0280 e. The predicted molar refractivity (Wildman–Crippen MR) is 90.4 cm³/mol. The van der Waals surface area contributed by atoms with E-state index in [9.17, 15) is 0 Å². The molecule has 98 valence electrons. The van der Waals surface area contributed by atoms with E-state index in [1.165, 1.54) is 0 Å². The van der Waals surface area contributed by atoms with Gasteiger partial charge in [0.1, 0.15) is 0 Å². The monoisotopic (exact) mass is 268 g/mol. The summed E-state index contributed by atoms with van der Waals surface area (Å²) in [5.41, 5.74) is 5.50. The smallest absolute Gasteiger partial charge is 0.0280 e. The van der Waals surface area contributed by atoms with Crippen LogP contribution >= 0.6 is 12.2 Å². The summed E-state index contributed by atoms with van der Waals surface area (Å²) < 4.78 is 0. The summed E-state index contributed by atoms with van der Waals surface area (Å²) in [5, 5.41) is 0. The molecule has 0 saturated carbocycles. The number of hydrogen-bond acceptors (Lipinski definition) is 1. The molecule has 0 heterocycles. The zero-order valence-corrected chi connectivity index (χ0v) is 12.5. The van der Waals surface area contributed by atoms with Crippen LogP contribution in [0.5, 0.6) is 0 Å². The Labute approximate surface area is 121 Å². The lowest BCUT2D eigenvalue weighted by Gasteiger charge is -2.23. The van der Waals surface area contributed by atoms with E-state index >= 15 is 0 Å². The molecule has 0 fully saturated rings. The Morgan fingerprint density at radius 2 is 1.79 bits per heavy atom. The topological polar surface area (TPSA) is 0 Å². The van der Waals surface area contributed by atoms with Crippen molar-refractivity contribution < 1.29 is 0 Å². The maximum absolute atomic E-state index is 5.56. The second-order valence-corrected chi connectivity index (χ2v) is 4.68. The Kier molecular flexibility index (Phi) is 5.65. The van der Waals surface area contributed by atoms with Crippen LogP contribution < -0.4 is 0 Å². The summed E-state index contributed by atoms with van der Waals surface area (Å²) in [7, 11) is 0. The van der Waals surface area contributed by atoms with Crippen molar-refractivity contribution in [3.63, 3.8) is 0 Å². The lowest BCUT2D eigenvalue weighted by atomic mass is 9.82. The summed E-state index contributed by atoms with van der Waals surface area (Å²) >= 11 is 5.56. The van der Waals surface area contributed by atoms with Gasteiger partial charge in [0.2, 0.25) is 0 Å². The molecule has 0 aromatic carbocycles. The van der Waals surface area contributed by atoms with Gasteiger partial charge in [-0.2, -0.15) is 0 Å². The van der Waals surface area contributed by atoms with E-state index in [2.05, 4.69) is 25.8 Å². The van der Waals surface area contributed by atoms with Crippen molar-refractivity contribution in [1.29, 1.82) is 0 Å². The summed E-state index contributed by atoms with van der Waals surface area (Å²) in [6.07, 6.45) is 12.5. The van der Waals surface area contributed by atoms with Crippen LogP contribution in [-0.4, -0.2) is 4.86 Å². The van der Waals surface area contributed by atoms with Gasteiger partial charge in [-0.25, -0.2) is 0 Å². The molecule has 0 aromatic heterocycles. The molecule has 0 atom stereocenters. The van der Waals surface area contributed by atoms with Gasteiger partial charge in [0.15, 0.2) is 0 Å². The molecule has 1 aliphatic rings. The molecule has 0 amide bonds. The normalized spacial score (nSPS) is 17.2. The molecular formula is C18H20S. The van der Waals surface area contributed by atoms with E-state index in [0.29, 0.717) is 0 Å². The Balaban J connectivity index is 3.67. The first-order chi connectivity index (χ1) is 9.14. The molecule has 0 nitrogen and oxygen atoms in total. The predicted octanol–water partition coefficient (Wildman–Crippen LogP) is 5.43. The fourth-order valence-electron chi connectivity index (χ4n) is 2.25. The third-order valence-corrected chi connectivity index (χ3v) is 3.49. The Morgan fingerprint density at radius 1 is 1.11 bits per heavy atom. The highest BCUT2D eigenvalue weighted by molar-refractivity contribution is 7.80. The molecule has 1 rings (SSSR count). The van der Waals surface area contributed by atoms with Gasteiger partial charge in [0.25, 0.3) is 0 Å². The summed E-state index contributed by atoms with van der Waals surface area (Å²) in [6.45, 7) is 15.7. The quantitative estimate of drug-likeness (QED) is 0.473. The molecule has 19 heavy (non-hydrogen) atoms. The van der Waals surface area contributed by atoms with Crippen molar-refractivity contribution in [2.45, 2.75) is 20.3 Å². The van der Waals surface area contributed by atoms with Gasteiger partial charge in [0.05, 0.1) is 0 Å². The highest BCUT2D eigenvalue weighted by atomic mass is 32.1. The average Bonchev–Trinajstić information content (AvgIpc) is 2.43. The van der Waals surface area contributed by atoms with Gasteiger partial charge in [-0.3, -0.25) is 0 Å². The van der Waals surface area contributed by atoms with E-state index in [1.807, 2.05) is 44.2 Å². The van der Waals surface area contributed by atoms with Crippen LogP contribution in [-0.2, 0) is 0 Å². The minimum absolute atomic E-state index is 0.746. The van der Waals surface area contributed by atoms with Gasteiger partial charge < -0.3 is 0 Å². The van der Waals surface area contributed by atoms with E-state index < -0.39 is 0 Å². The molecule has 1 heteroatoms. The maximum atomic E-state index is 5.56. The zero-order valence-electron chi connectivity index (χ0n) is 11.7. The second-order valence-electron chi connectivity index (χ2n) is 4.18. The van der Waals surface area contributed by atoms with Crippen molar-refractivity contribution in [3.8, 4) is 0 Å². The van der Waals surface area contributed by atoms with Crippen LogP contribution in [0.2, 0.25) is 0 Å². The Morgan fingerprint density at radius 3 is 2.21 bits per heavy atom. The van der Waals surface area contributed by atoms with Crippen LogP contribution in [0.15, 0.2) is 84.1 Å². The van der Waals surface area contributed by atoms with Crippen molar-refractivity contribution in [2.24, 2.45) is 0 Å². The molecule has 0 saturated heterocycles. The van der Waals surface area contributed by atoms with Gasteiger partial charge >= 0.3 is 0 Å². The van der Waals surface area contributed by atoms with Crippen LogP contribution in [0, 0.1) is 0 Å². The molecule has 0 aromatic rings. The lowest BCUT2D eigenvalue weighted by molar-refractivity contribution is 1.25. The number of thiocarbonyl (C=S) groups is 1. The summed E-state index contributed by atoms with van der Waals surface area (Å²) in [4.78, 5) is 0.922. The fourth-order valence-corrected chi connectivity index (χ4v) is 2.64. The van der Waals surface area contributed by atoms with E-state index in [0.717, 1.165) is 39.2 Å². The minimum Gasteiger partial charge on any atom is -0.0988 e. The fraction of sp³-hybridized carbons (Fsp3) is 0.167. The summed E-state index contributed by atoms with van der Waals surface area (Å²) in [6, 6.07) is 0. The van der Waals surface area contributed by atoms with Crippen LogP contribution in [0.3, 0.4) is 0 Å². The van der Waals surface area contributed by atoms with Crippen molar-refractivity contribution in [3.05, 3.63) is 84.1 Å². The number of allylic oxidation sites excluding steroid dienone is 11. The first-order valence-corrected chi connectivity index (χ1v) is 6.73. The van der Waals surface area contributed by atoms with Crippen molar-refractivity contribution >= 4 is 17.1 Å². The second kappa shape index (κ2) is 7.01. The van der Waals surface area contributed by atoms with Gasteiger partial charge in [-0.05, 0) is 36.1 Å². The first kappa shape index (κ1) is 15.3. The third-order valence-electron chi connectivity index (χ3n) is 3.14. The zero-order chi connectivity index (χ0) is 14.4. The molecule has 0 aliphatic heterocycles. The Bertz CT molecular complexity index is 548. The van der Waals surface area contributed by atoms with Gasteiger partial charge in [-0.1, -0.05) is 68.4 Å². The SMILES string of the molecule is C=CC1=C(/C=C\C)C(C=C)=C(/C(C=C)=C\C)C(=S)C1. The minimum atomic E-state index is 0.746. The average molecular weight is 268 g/mol. The Hall–Kier alpha value is -1.73. The highest BCUT2D eigenvalue weighted by Crippen LogP contribution is 2.35. The molecule has 0 bridgehead atoms. The van der Waals surface area contributed by atoms with Gasteiger partial charge in [-0.15, -0.1) is 0 Å².